The van der Waals surface area contributed by atoms with Crippen molar-refractivity contribution in [2.24, 2.45) is 0 Å². The molecule has 15 heavy (non-hydrogen) atoms. The number of carbonyl (C=O) groups excluding carboxylic acids is 2. The zero-order chi connectivity index (χ0) is 11.6. The van der Waals surface area contributed by atoms with Gasteiger partial charge in [-0.15, -0.1) is 0 Å². The molecule has 0 radical (unpaired) electrons. The summed E-state index contributed by atoms with van der Waals surface area (Å²) in [6, 6.07) is -0.274. The maximum Gasteiger partial charge on any atom is 0.324 e. The quantitative estimate of drug-likeness (QED) is 0.682. The van der Waals surface area contributed by atoms with Gasteiger partial charge in [-0.2, -0.15) is 0 Å². The Bertz CT molecular complexity index is 274. The lowest BCUT2D eigenvalue weighted by Crippen LogP contribution is -2.45. The third kappa shape index (κ3) is 2.47. The number of nitrogens with one attached hydrogen (secondary N) is 1. The molecule has 1 rings (SSSR count). The first kappa shape index (κ1) is 12.0. The van der Waals surface area contributed by atoms with Crippen molar-refractivity contribution in [3.05, 3.63) is 0 Å². The third-order valence-electron chi connectivity index (χ3n) is 2.68. The predicted octanol–water partition coefficient (Wildman–Crippen LogP) is 0.268. The van der Waals surface area contributed by atoms with Crippen LogP contribution in [-0.2, 0) is 4.79 Å². The van der Waals surface area contributed by atoms with Crippen LogP contribution < -0.4 is 5.32 Å². The molecule has 3 amide bonds. The van der Waals surface area contributed by atoms with Gasteiger partial charge in [0.25, 0.3) is 5.91 Å². The van der Waals surface area contributed by atoms with Crippen LogP contribution in [0.2, 0.25) is 0 Å². The first-order valence-electron chi connectivity index (χ1n) is 5.13. The average Bonchev–Trinajstić information content (AvgIpc) is 2.27. The number of amides is 3. The highest BCUT2D eigenvalue weighted by molar-refractivity contribution is 6.06. The largest absolute Gasteiger partial charge is 0.324 e. The Morgan fingerprint density at radius 2 is 1.93 bits per heavy atom. The minimum Gasteiger partial charge on any atom is -0.310 e. The molecule has 0 unspecified atom stereocenters. The van der Waals surface area contributed by atoms with Crippen molar-refractivity contribution in [2.75, 3.05) is 27.2 Å². The highest BCUT2D eigenvalue weighted by atomic mass is 16.2. The molecule has 0 aliphatic carbocycles. The van der Waals surface area contributed by atoms with Gasteiger partial charge in [0.05, 0.1) is 0 Å². The van der Waals surface area contributed by atoms with Gasteiger partial charge in [0.2, 0.25) is 0 Å². The smallest absolute Gasteiger partial charge is 0.310 e. The number of carbonyl (C=O) groups is 2. The standard InChI is InChI=1S/C10H19N3O2/c1-10(2)8(14)11-9(15)13(10)7-5-6-12(3)4/h5-7H2,1-4H3,(H,11,14,15). The van der Waals surface area contributed by atoms with Gasteiger partial charge in [0, 0.05) is 6.54 Å². The van der Waals surface area contributed by atoms with Crippen LogP contribution in [0.15, 0.2) is 0 Å². The van der Waals surface area contributed by atoms with E-state index in [9.17, 15) is 9.59 Å². The summed E-state index contributed by atoms with van der Waals surface area (Å²) < 4.78 is 0. The summed E-state index contributed by atoms with van der Waals surface area (Å²) in [5.41, 5.74) is -0.705. The fraction of sp³-hybridized carbons (Fsp3) is 0.800. The number of hydrogen-bond donors (Lipinski definition) is 1. The van der Waals surface area contributed by atoms with Gasteiger partial charge in [0.1, 0.15) is 5.54 Å². The van der Waals surface area contributed by atoms with Crippen molar-refractivity contribution in [2.45, 2.75) is 25.8 Å². The lowest BCUT2D eigenvalue weighted by molar-refractivity contribution is -0.125. The van der Waals surface area contributed by atoms with Crippen LogP contribution in [0.3, 0.4) is 0 Å². The van der Waals surface area contributed by atoms with Crippen molar-refractivity contribution in [1.29, 1.82) is 0 Å². The van der Waals surface area contributed by atoms with E-state index in [1.807, 2.05) is 14.1 Å². The van der Waals surface area contributed by atoms with Crippen LogP contribution in [-0.4, -0.2) is 54.5 Å². The molecule has 1 saturated heterocycles. The van der Waals surface area contributed by atoms with Crippen molar-refractivity contribution in [1.82, 2.24) is 15.1 Å². The van der Waals surface area contributed by atoms with Gasteiger partial charge in [0.15, 0.2) is 0 Å². The highest BCUT2D eigenvalue weighted by Crippen LogP contribution is 2.20. The molecule has 1 fully saturated rings. The van der Waals surface area contributed by atoms with Gasteiger partial charge in [-0.3, -0.25) is 10.1 Å². The van der Waals surface area contributed by atoms with E-state index in [0.717, 1.165) is 13.0 Å². The summed E-state index contributed by atoms with van der Waals surface area (Å²) in [7, 11) is 3.97. The Labute approximate surface area is 90.4 Å². The van der Waals surface area contributed by atoms with Gasteiger partial charge in [-0.25, -0.2) is 4.79 Å². The molecule has 86 valence electrons. The topological polar surface area (TPSA) is 52.6 Å². The first-order chi connectivity index (χ1) is 6.85. The van der Waals surface area contributed by atoms with E-state index >= 15 is 0 Å². The zero-order valence-electron chi connectivity index (χ0n) is 9.83. The Balaban J connectivity index is 2.53. The van der Waals surface area contributed by atoms with Crippen LogP contribution in [0, 0.1) is 0 Å². The van der Waals surface area contributed by atoms with Crippen LogP contribution in [0.4, 0.5) is 4.79 Å². The summed E-state index contributed by atoms with van der Waals surface area (Å²) in [6.07, 6.45) is 0.872. The number of nitrogens with zero attached hydrogens (tertiary/aromatic N) is 2. The molecule has 1 aliphatic heterocycles. The lowest BCUT2D eigenvalue weighted by Gasteiger charge is -2.28. The van der Waals surface area contributed by atoms with Gasteiger partial charge >= 0.3 is 6.03 Å². The molecule has 0 bridgehead atoms. The molecule has 5 nitrogen and oxygen atoms in total. The van der Waals surface area contributed by atoms with E-state index in [4.69, 9.17) is 0 Å². The Hall–Kier alpha value is -1.10. The normalized spacial score (nSPS) is 19.9. The molecule has 1 aliphatic rings. The second-order valence-electron chi connectivity index (χ2n) is 4.63. The minimum atomic E-state index is -0.705. The Kier molecular flexibility index (Phi) is 3.34. The maximum absolute atomic E-state index is 11.5. The van der Waals surface area contributed by atoms with Crippen molar-refractivity contribution < 1.29 is 9.59 Å². The van der Waals surface area contributed by atoms with E-state index in [1.54, 1.807) is 18.7 Å². The van der Waals surface area contributed by atoms with E-state index in [-0.39, 0.29) is 11.9 Å². The molecular formula is C10H19N3O2. The summed E-state index contributed by atoms with van der Waals surface area (Å²) in [5.74, 6) is -0.211. The van der Waals surface area contributed by atoms with E-state index in [2.05, 4.69) is 10.2 Å². The van der Waals surface area contributed by atoms with E-state index < -0.39 is 5.54 Å². The molecule has 0 aromatic rings. The van der Waals surface area contributed by atoms with E-state index in [1.165, 1.54) is 0 Å². The summed E-state index contributed by atoms with van der Waals surface area (Å²) in [5, 5.41) is 2.33. The maximum atomic E-state index is 11.5. The Morgan fingerprint density at radius 1 is 1.33 bits per heavy atom. The van der Waals surface area contributed by atoms with Crippen molar-refractivity contribution in [3.63, 3.8) is 0 Å². The van der Waals surface area contributed by atoms with Crippen LogP contribution in [0.25, 0.3) is 0 Å². The molecule has 0 aromatic heterocycles. The molecule has 0 spiro atoms. The summed E-state index contributed by atoms with van der Waals surface area (Å²) in [6.45, 7) is 5.06. The number of hydrogen-bond acceptors (Lipinski definition) is 3. The predicted molar refractivity (Wildman–Crippen MR) is 57.5 cm³/mol. The second-order valence-corrected chi connectivity index (χ2v) is 4.63. The van der Waals surface area contributed by atoms with Gasteiger partial charge < -0.3 is 9.80 Å². The minimum absolute atomic E-state index is 0.211. The molecule has 5 heteroatoms. The number of urea groups is 1. The van der Waals surface area contributed by atoms with Crippen LogP contribution in [0.5, 0.6) is 0 Å². The zero-order valence-corrected chi connectivity index (χ0v) is 9.83. The first-order valence-corrected chi connectivity index (χ1v) is 5.13. The Morgan fingerprint density at radius 3 is 2.33 bits per heavy atom. The molecule has 0 atom stereocenters. The summed E-state index contributed by atoms with van der Waals surface area (Å²) in [4.78, 5) is 26.5. The fourth-order valence-electron chi connectivity index (χ4n) is 1.62. The van der Waals surface area contributed by atoms with Crippen LogP contribution in [0.1, 0.15) is 20.3 Å². The number of rotatable bonds is 4. The van der Waals surface area contributed by atoms with Gasteiger partial charge in [-0.1, -0.05) is 0 Å². The lowest BCUT2D eigenvalue weighted by atomic mass is 10.0. The van der Waals surface area contributed by atoms with Crippen molar-refractivity contribution >= 4 is 11.9 Å². The number of imide groups is 1. The van der Waals surface area contributed by atoms with Crippen molar-refractivity contribution in [3.8, 4) is 0 Å². The molecule has 0 saturated carbocycles. The molecule has 1 N–H and O–H groups in total. The third-order valence-corrected chi connectivity index (χ3v) is 2.68. The second kappa shape index (κ2) is 4.18. The van der Waals surface area contributed by atoms with Gasteiger partial charge in [-0.05, 0) is 40.9 Å². The monoisotopic (exact) mass is 213 g/mol. The van der Waals surface area contributed by atoms with E-state index in [0.29, 0.717) is 6.54 Å². The molecule has 0 aromatic carbocycles. The van der Waals surface area contributed by atoms with Crippen LogP contribution >= 0.6 is 0 Å². The molecular weight excluding hydrogens is 194 g/mol. The summed E-state index contributed by atoms with van der Waals surface area (Å²) >= 11 is 0. The SMILES string of the molecule is CN(C)CCCN1C(=O)NC(=O)C1(C)C. The highest BCUT2D eigenvalue weighted by Gasteiger charge is 2.44. The molecule has 1 heterocycles. The fourth-order valence-corrected chi connectivity index (χ4v) is 1.62. The average molecular weight is 213 g/mol.